The number of anilines is 1. The minimum atomic E-state index is -1.16. The fraction of sp³-hybridized carbons (Fsp3) is 0.0741. The molecule has 6 rings (SSSR count). The highest BCUT2D eigenvalue weighted by Crippen LogP contribution is 2.45. The highest BCUT2D eigenvalue weighted by Gasteiger charge is 2.47. The van der Waals surface area contributed by atoms with Crippen LogP contribution in [0.15, 0.2) is 88.5 Å². The lowest BCUT2D eigenvalue weighted by atomic mass is 9.95. The predicted octanol–water partition coefficient (Wildman–Crippen LogP) is 6.04. The Kier molecular flexibility index (Phi) is 5.13. The maximum absolute atomic E-state index is 13.7. The Morgan fingerprint density at radius 1 is 1.11 bits per heavy atom. The van der Waals surface area contributed by atoms with Crippen molar-refractivity contribution in [2.45, 2.75) is 13.0 Å². The van der Waals surface area contributed by atoms with E-state index in [-0.39, 0.29) is 27.7 Å². The number of nitrogens with zero attached hydrogens (tertiary/aromatic N) is 3. The van der Waals surface area contributed by atoms with E-state index in [1.54, 1.807) is 30.3 Å². The van der Waals surface area contributed by atoms with Crippen LogP contribution in [-0.2, 0) is 4.79 Å². The second-order valence-electron chi connectivity index (χ2n) is 8.64. The Hall–Kier alpha value is -4.83. The number of aryl methyl sites for hydroxylation is 1. The minimum Gasteiger partial charge on any atom is -0.503 e. The molecule has 0 spiro atoms. The summed E-state index contributed by atoms with van der Waals surface area (Å²) < 4.78 is 6.55. The van der Waals surface area contributed by atoms with Crippen LogP contribution in [0.5, 0.6) is 0 Å². The molecular formula is C27H17N3O6S. The van der Waals surface area contributed by atoms with E-state index < -0.39 is 28.4 Å². The zero-order valence-electron chi connectivity index (χ0n) is 19.2. The minimum absolute atomic E-state index is 0.0623. The van der Waals surface area contributed by atoms with Crippen molar-refractivity contribution in [2.75, 3.05) is 4.90 Å². The Balaban J connectivity index is 1.53. The number of hydrogen-bond acceptors (Lipinski definition) is 8. The number of thiazole rings is 1. The van der Waals surface area contributed by atoms with E-state index in [4.69, 9.17) is 4.42 Å². The normalized spacial score (nSPS) is 15.8. The molecule has 1 unspecified atom stereocenters. The number of Topliss-reactive ketones (excluding diaryl/α,β-unsaturated/α-hetero) is 1. The Morgan fingerprint density at radius 3 is 2.70 bits per heavy atom. The van der Waals surface area contributed by atoms with Crippen LogP contribution in [0.2, 0.25) is 0 Å². The van der Waals surface area contributed by atoms with Gasteiger partial charge in [-0.15, -0.1) is 0 Å². The summed E-state index contributed by atoms with van der Waals surface area (Å²) in [5.74, 6) is -2.34. The van der Waals surface area contributed by atoms with E-state index in [9.17, 15) is 24.8 Å². The number of nitro groups is 1. The van der Waals surface area contributed by atoms with E-state index >= 15 is 0 Å². The molecule has 0 aliphatic carbocycles. The molecule has 5 aromatic rings. The summed E-state index contributed by atoms with van der Waals surface area (Å²) >= 11 is 1.22. The SMILES string of the molecule is Cc1ccc2nc(N3C(=O)C(O)=C(C(=O)c4cc5ccccc5o4)C3c3cccc([N+](=O)[O-])c3)sc2c1. The lowest BCUT2D eigenvalue weighted by Crippen LogP contribution is -2.31. The van der Waals surface area contributed by atoms with Crippen LogP contribution in [0, 0.1) is 17.0 Å². The summed E-state index contributed by atoms with van der Waals surface area (Å²) in [6.07, 6.45) is 0. The number of furan rings is 1. The highest BCUT2D eigenvalue weighted by molar-refractivity contribution is 7.22. The van der Waals surface area contributed by atoms with Crippen molar-refractivity contribution < 1.29 is 24.0 Å². The molecule has 1 N–H and O–H groups in total. The monoisotopic (exact) mass is 511 g/mol. The van der Waals surface area contributed by atoms with Gasteiger partial charge in [0.2, 0.25) is 5.78 Å². The molecule has 37 heavy (non-hydrogen) atoms. The van der Waals surface area contributed by atoms with Crippen molar-refractivity contribution >= 4 is 55.0 Å². The second kappa shape index (κ2) is 8.38. The van der Waals surface area contributed by atoms with Gasteiger partial charge in [-0.05, 0) is 42.3 Å². The zero-order valence-corrected chi connectivity index (χ0v) is 20.1. The number of nitro benzene ring substituents is 1. The summed E-state index contributed by atoms with van der Waals surface area (Å²) in [7, 11) is 0. The smallest absolute Gasteiger partial charge is 0.296 e. The Labute approximate surface area is 213 Å². The molecule has 9 nitrogen and oxygen atoms in total. The van der Waals surface area contributed by atoms with Crippen molar-refractivity contribution in [2.24, 2.45) is 0 Å². The van der Waals surface area contributed by atoms with Crippen molar-refractivity contribution in [3.8, 4) is 0 Å². The molecule has 0 radical (unpaired) electrons. The van der Waals surface area contributed by atoms with Crippen LogP contribution in [0.3, 0.4) is 0 Å². The number of aliphatic hydroxyl groups excluding tert-OH is 1. The maximum atomic E-state index is 13.7. The molecule has 1 atom stereocenters. The van der Waals surface area contributed by atoms with E-state index in [2.05, 4.69) is 4.98 Å². The van der Waals surface area contributed by atoms with Gasteiger partial charge in [0.15, 0.2) is 16.7 Å². The summed E-state index contributed by atoms with van der Waals surface area (Å²) in [6.45, 7) is 1.93. The Morgan fingerprint density at radius 2 is 1.92 bits per heavy atom. The molecule has 182 valence electrons. The number of fused-ring (bicyclic) bond motifs is 2. The largest absolute Gasteiger partial charge is 0.503 e. The Bertz CT molecular complexity index is 1770. The lowest BCUT2D eigenvalue weighted by molar-refractivity contribution is -0.384. The molecule has 2 aromatic heterocycles. The third-order valence-corrected chi connectivity index (χ3v) is 7.26. The van der Waals surface area contributed by atoms with Crippen LogP contribution < -0.4 is 4.90 Å². The van der Waals surface area contributed by atoms with Gasteiger partial charge in [0.05, 0.1) is 26.8 Å². The first-order valence-corrected chi connectivity index (χ1v) is 12.0. The van der Waals surface area contributed by atoms with Gasteiger partial charge in [0.1, 0.15) is 5.58 Å². The summed E-state index contributed by atoms with van der Waals surface area (Å²) in [5.41, 5.74) is 1.95. The number of amides is 1. The first-order chi connectivity index (χ1) is 17.8. The van der Waals surface area contributed by atoms with Gasteiger partial charge in [-0.1, -0.05) is 47.7 Å². The number of para-hydroxylation sites is 1. The fourth-order valence-corrected chi connectivity index (χ4v) is 5.60. The molecule has 1 aliphatic rings. The van der Waals surface area contributed by atoms with E-state index in [1.165, 1.54) is 40.5 Å². The molecule has 1 amide bonds. The molecule has 0 fully saturated rings. The molecular weight excluding hydrogens is 494 g/mol. The molecule has 10 heteroatoms. The van der Waals surface area contributed by atoms with Gasteiger partial charge in [-0.3, -0.25) is 24.6 Å². The second-order valence-corrected chi connectivity index (χ2v) is 9.65. The highest BCUT2D eigenvalue weighted by atomic mass is 32.1. The van der Waals surface area contributed by atoms with Crippen LogP contribution >= 0.6 is 11.3 Å². The van der Waals surface area contributed by atoms with Gasteiger partial charge in [-0.2, -0.15) is 0 Å². The number of carbonyl (C=O) groups is 2. The maximum Gasteiger partial charge on any atom is 0.296 e. The number of aromatic nitrogens is 1. The van der Waals surface area contributed by atoms with E-state index in [1.807, 2.05) is 25.1 Å². The summed E-state index contributed by atoms with van der Waals surface area (Å²) in [6, 6.07) is 18.7. The lowest BCUT2D eigenvalue weighted by Gasteiger charge is -2.24. The summed E-state index contributed by atoms with van der Waals surface area (Å²) in [5, 5.41) is 23.4. The fourth-order valence-electron chi connectivity index (χ4n) is 4.51. The summed E-state index contributed by atoms with van der Waals surface area (Å²) in [4.78, 5) is 43.9. The van der Waals surface area contributed by atoms with Crippen molar-refractivity contribution in [1.82, 2.24) is 4.98 Å². The van der Waals surface area contributed by atoms with E-state index in [0.717, 1.165) is 10.3 Å². The average molecular weight is 512 g/mol. The van der Waals surface area contributed by atoms with Crippen LogP contribution in [0.25, 0.3) is 21.2 Å². The van der Waals surface area contributed by atoms with Crippen LogP contribution in [0.4, 0.5) is 10.8 Å². The third-order valence-electron chi connectivity index (χ3n) is 6.24. The standard InChI is InChI=1S/C27H17N3O6S/c1-14-9-10-18-21(11-14)37-27(28-18)29-23(16-6-4-7-17(12-16)30(34)35)22(25(32)26(29)33)24(31)20-13-15-5-2-3-8-19(15)36-20/h2-13,23,32H,1H3. The molecule has 0 saturated heterocycles. The first kappa shape index (κ1) is 22.6. The third kappa shape index (κ3) is 3.66. The van der Waals surface area contributed by atoms with Crippen LogP contribution in [-0.4, -0.2) is 26.7 Å². The number of carbonyl (C=O) groups excluding carboxylic acids is 2. The molecule has 0 bridgehead atoms. The zero-order chi connectivity index (χ0) is 25.8. The van der Waals surface area contributed by atoms with Gasteiger partial charge in [0.25, 0.3) is 11.6 Å². The topological polar surface area (TPSA) is 127 Å². The van der Waals surface area contributed by atoms with Crippen molar-refractivity contribution in [3.05, 3.63) is 111 Å². The predicted molar refractivity (Wildman–Crippen MR) is 138 cm³/mol. The average Bonchev–Trinajstić information content (AvgIpc) is 3.57. The van der Waals surface area contributed by atoms with Gasteiger partial charge in [-0.25, -0.2) is 4.98 Å². The number of aliphatic hydroxyl groups is 1. The molecule has 0 saturated carbocycles. The quantitative estimate of drug-likeness (QED) is 0.173. The number of non-ortho nitro benzene ring substituents is 1. The molecule has 3 heterocycles. The number of ketones is 1. The van der Waals surface area contributed by atoms with Gasteiger partial charge < -0.3 is 9.52 Å². The number of benzene rings is 3. The number of rotatable bonds is 5. The number of hydrogen-bond donors (Lipinski definition) is 1. The van der Waals surface area contributed by atoms with Crippen molar-refractivity contribution in [3.63, 3.8) is 0 Å². The molecule has 1 aliphatic heterocycles. The van der Waals surface area contributed by atoms with Crippen molar-refractivity contribution in [1.29, 1.82) is 0 Å². The van der Waals surface area contributed by atoms with E-state index in [0.29, 0.717) is 16.5 Å². The van der Waals surface area contributed by atoms with Crippen LogP contribution in [0.1, 0.15) is 27.7 Å². The van der Waals surface area contributed by atoms with Gasteiger partial charge in [0, 0.05) is 17.5 Å². The molecule has 3 aromatic carbocycles. The first-order valence-electron chi connectivity index (χ1n) is 11.2. The van der Waals surface area contributed by atoms with Gasteiger partial charge >= 0.3 is 0 Å².